The first-order chi connectivity index (χ1) is 8.56. The van der Waals surface area contributed by atoms with E-state index in [1.807, 2.05) is 17.9 Å². The predicted molar refractivity (Wildman–Crippen MR) is 66.7 cm³/mol. The van der Waals surface area contributed by atoms with Crippen LogP contribution in [0.2, 0.25) is 0 Å². The Bertz CT molecular complexity index is 408. The summed E-state index contributed by atoms with van der Waals surface area (Å²) >= 11 is 0. The molecule has 0 aromatic carbocycles. The third kappa shape index (κ3) is 3.08. The van der Waals surface area contributed by atoms with Crippen LogP contribution in [-0.2, 0) is 11.3 Å². The zero-order valence-electron chi connectivity index (χ0n) is 10.9. The summed E-state index contributed by atoms with van der Waals surface area (Å²) in [5.74, 6) is 0.907. The van der Waals surface area contributed by atoms with Crippen molar-refractivity contribution in [3.05, 3.63) is 17.5 Å². The SMILES string of the molecule is Cc1cc(CN2CCN(C(=O)[C@@H](C)N)CC2)on1. The van der Waals surface area contributed by atoms with Crippen LogP contribution >= 0.6 is 0 Å². The maximum absolute atomic E-state index is 11.7. The van der Waals surface area contributed by atoms with E-state index in [9.17, 15) is 4.79 Å². The van der Waals surface area contributed by atoms with Crippen LogP contribution in [0.15, 0.2) is 10.6 Å². The average molecular weight is 252 g/mol. The fourth-order valence-corrected chi connectivity index (χ4v) is 2.13. The number of aromatic nitrogens is 1. The largest absolute Gasteiger partial charge is 0.360 e. The first kappa shape index (κ1) is 13.0. The minimum Gasteiger partial charge on any atom is -0.360 e. The highest BCUT2D eigenvalue weighted by Gasteiger charge is 2.23. The first-order valence-corrected chi connectivity index (χ1v) is 6.25. The predicted octanol–water partition coefficient (Wildman–Crippen LogP) is -0.0256. The molecule has 0 bridgehead atoms. The Balaban J connectivity index is 1.82. The Morgan fingerprint density at radius 2 is 2.17 bits per heavy atom. The van der Waals surface area contributed by atoms with Crippen molar-refractivity contribution >= 4 is 5.91 Å². The van der Waals surface area contributed by atoms with Gasteiger partial charge in [0.1, 0.15) is 0 Å². The van der Waals surface area contributed by atoms with Crippen LogP contribution in [0.1, 0.15) is 18.4 Å². The summed E-state index contributed by atoms with van der Waals surface area (Å²) < 4.78 is 5.19. The number of carbonyl (C=O) groups is 1. The second-order valence-electron chi connectivity index (χ2n) is 4.82. The molecule has 6 nitrogen and oxygen atoms in total. The Hall–Kier alpha value is -1.40. The maximum Gasteiger partial charge on any atom is 0.239 e. The lowest BCUT2D eigenvalue weighted by atomic mass is 10.2. The fraction of sp³-hybridized carbons (Fsp3) is 0.667. The third-order valence-electron chi connectivity index (χ3n) is 3.13. The number of rotatable bonds is 3. The summed E-state index contributed by atoms with van der Waals surface area (Å²) in [6.45, 7) is 7.54. The Kier molecular flexibility index (Phi) is 3.98. The summed E-state index contributed by atoms with van der Waals surface area (Å²) in [7, 11) is 0. The summed E-state index contributed by atoms with van der Waals surface area (Å²) in [6, 6.07) is 1.54. The number of aryl methyl sites for hydroxylation is 1. The molecule has 0 spiro atoms. The van der Waals surface area contributed by atoms with Gasteiger partial charge in [0, 0.05) is 32.2 Å². The van der Waals surface area contributed by atoms with Crippen molar-refractivity contribution in [3.8, 4) is 0 Å². The van der Waals surface area contributed by atoms with Crippen LogP contribution in [0.4, 0.5) is 0 Å². The molecule has 1 aliphatic heterocycles. The van der Waals surface area contributed by atoms with E-state index in [2.05, 4.69) is 10.1 Å². The van der Waals surface area contributed by atoms with E-state index >= 15 is 0 Å². The third-order valence-corrected chi connectivity index (χ3v) is 3.13. The van der Waals surface area contributed by atoms with Gasteiger partial charge in [0.05, 0.1) is 18.3 Å². The van der Waals surface area contributed by atoms with Crippen molar-refractivity contribution < 1.29 is 9.32 Å². The van der Waals surface area contributed by atoms with Gasteiger partial charge in [0.25, 0.3) is 0 Å². The monoisotopic (exact) mass is 252 g/mol. The molecule has 1 amide bonds. The van der Waals surface area contributed by atoms with Crippen LogP contribution in [0.5, 0.6) is 0 Å². The maximum atomic E-state index is 11.7. The van der Waals surface area contributed by atoms with Crippen LogP contribution in [-0.4, -0.2) is 53.1 Å². The number of nitrogens with zero attached hydrogens (tertiary/aromatic N) is 3. The topological polar surface area (TPSA) is 75.6 Å². The van der Waals surface area contributed by atoms with Crippen molar-refractivity contribution in [2.24, 2.45) is 5.73 Å². The summed E-state index contributed by atoms with van der Waals surface area (Å²) in [5.41, 5.74) is 6.50. The number of hydrogen-bond donors (Lipinski definition) is 1. The number of amides is 1. The molecule has 0 saturated carbocycles. The standard InChI is InChI=1S/C12H20N4O2/c1-9-7-11(18-14-9)8-15-3-5-16(6-4-15)12(17)10(2)13/h7,10H,3-6,8,13H2,1-2H3/t10-/m1/s1. The molecule has 0 unspecified atom stereocenters. The van der Waals surface area contributed by atoms with Gasteiger partial charge in [-0.2, -0.15) is 0 Å². The normalized spacial score (nSPS) is 18.9. The van der Waals surface area contributed by atoms with E-state index in [4.69, 9.17) is 10.3 Å². The molecule has 0 aliphatic carbocycles. The van der Waals surface area contributed by atoms with Gasteiger partial charge in [0.15, 0.2) is 5.76 Å². The van der Waals surface area contributed by atoms with Gasteiger partial charge in [-0.15, -0.1) is 0 Å². The zero-order chi connectivity index (χ0) is 13.1. The van der Waals surface area contributed by atoms with E-state index in [-0.39, 0.29) is 5.91 Å². The van der Waals surface area contributed by atoms with Crippen LogP contribution in [0.3, 0.4) is 0 Å². The fourth-order valence-electron chi connectivity index (χ4n) is 2.13. The number of piperazine rings is 1. The molecule has 0 radical (unpaired) electrons. The molecule has 1 aromatic heterocycles. The molecule has 1 aliphatic rings. The quantitative estimate of drug-likeness (QED) is 0.818. The first-order valence-electron chi connectivity index (χ1n) is 6.25. The molecule has 1 fully saturated rings. The van der Waals surface area contributed by atoms with Gasteiger partial charge in [-0.25, -0.2) is 0 Å². The van der Waals surface area contributed by atoms with Gasteiger partial charge < -0.3 is 15.2 Å². The average Bonchev–Trinajstić information content (AvgIpc) is 2.75. The lowest BCUT2D eigenvalue weighted by Crippen LogP contribution is -2.52. The Morgan fingerprint density at radius 3 is 2.67 bits per heavy atom. The van der Waals surface area contributed by atoms with Gasteiger partial charge >= 0.3 is 0 Å². The van der Waals surface area contributed by atoms with E-state index < -0.39 is 6.04 Å². The smallest absolute Gasteiger partial charge is 0.239 e. The molecule has 2 heterocycles. The number of carbonyl (C=O) groups excluding carboxylic acids is 1. The highest BCUT2D eigenvalue weighted by molar-refractivity contribution is 5.81. The van der Waals surface area contributed by atoms with Gasteiger partial charge in [-0.3, -0.25) is 9.69 Å². The van der Waals surface area contributed by atoms with Gasteiger partial charge in [0.2, 0.25) is 5.91 Å². The van der Waals surface area contributed by atoms with Crippen LogP contribution < -0.4 is 5.73 Å². The summed E-state index contributed by atoms with van der Waals surface area (Å²) in [6.07, 6.45) is 0. The number of hydrogen-bond acceptors (Lipinski definition) is 5. The minimum absolute atomic E-state index is 0.0326. The molecule has 2 N–H and O–H groups in total. The second kappa shape index (κ2) is 5.49. The van der Waals surface area contributed by atoms with E-state index in [1.165, 1.54) is 0 Å². The molecule has 1 saturated heterocycles. The van der Waals surface area contributed by atoms with E-state index in [1.54, 1.807) is 6.92 Å². The van der Waals surface area contributed by atoms with Crippen LogP contribution in [0.25, 0.3) is 0 Å². The van der Waals surface area contributed by atoms with Crippen molar-refractivity contribution in [1.29, 1.82) is 0 Å². The molecular weight excluding hydrogens is 232 g/mol. The lowest BCUT2D eigenvalue weighted by molar-refractivity contribution is -0.134. The van der Waals surface area contributed by atoms with E-state index in [0.29, 0.717) is 0 Å². The highest BCUT2D eigenvalue weighted by atomic mass is 16.5. The minimum atomic E-state index is -0.409. The molecular formula is C12H20N4O2. The van der Waals surface area contributed by atoms with Crippen molar-refractivity contribution in [3.63, 3.8) is 0 Å². The van der Waals surface area contributed by atoms with Crippen molar-refractivity contribution in [1.82, 2.24) is 15.0 Å². The van der Waals surface area contributed by atoms with Crippen molar-refractivity contribution in [2.45, 2.75) is 26.4 Å². The molecule has 100 valence electrons. The van der Waals surface area contributed by atoms with Gasteiger partial charge in [-0.05, 0) is 13.8 Å². The summed E-state index contributed by atoms with van der Waals surface area (Å²) in [4.78, 5) is 15.8. The highest BCUT2D eigenvalue weighted by Crippen LogP contribution is 2.10. The molecule has 2 rings (SSSR count). The summed E-state index contributed by atoms with van der Waals surface area (Å²) in [5, 5.41) is 3.87. The molecule has 1 aromatic rings. The molecule has 1 atom stereocenters. The van der Waals surface area contributed by atoms with Crippen molar-refractivity contribution in [2.75, 3.05) is 26.2 Å². The lowest BCUT2D eigenvalue weighted by Gasteiger charge is -2.34. The molecule has 6 heteroatoms. The van der Waals surface area contributed by atoms with E-state index in [0.717, 1.165) is 44.2 Å². The van der Waals surface area contributed by atoms with Gasteiger partial charge in [-0.1, -0.05) is 5.16 Å². The Labute approximate surface area is 107 Å². The zero-order valence-corrected chi connectivity index (χ0v) is 10.9. The number of nitrogens with two attached hydrogens (primary N) is 1. The Morgan fingerprint density at radius 1 is 1.50 bits per heavy atom. The second-order valence-corrected chi connectivity index (χ2v) is 4.82. The van der Waals surface area contributed by atoms with Crippen LogP contribution in [0, 0.1) is 6.92 Å². The molecule has 18 heavy (non-hydrogen) atoms.